The second kappa shape index (κ2) is 4.45. The summed E-state index contributed by atoms with van der Waals surface area (Å²) in [5.41, 5.74) is 3.34. The van der Waals surface area contributed by atoms with E-state index in [9.17, 15) is 4.79 Å². The average Bonchev–Trinajstić information content (AvgIpc) is 2.19. The van der Waals surface area contributed by atoms with E-state index in [0.717, 1.165) is 21.7 Å². The van der Waals surface area contributed by atoms with Crippen molar-refractivity contribution >= 4 is 5.91 Å². The summed E-state index contributed by atoms with van der Waals surface area (Å²) >= 11 is 0. The molecule has 0 aliphatic rings. The van der Waals surface area contributed by atoms with Gasteiger partial charge in [-0.3, -0.25) is 9.80 Å². The number of rotatable bonds is 2. The monoisotopic (exact) mass is 206 g/mol. The maximum atomic E-state index is 11.7. The van der Waals surface area contributed by atoms with Crippen LogP contribution in [0.4, 0.5) is 0 Å². The Kier molecular flexibility index (Phi) is 3.48. The van der Waals surface area contributed by atoms with Crippen molar-refractivity contribution in [1.82, 2.24) is 5.01 Å². The number of hydrazine groups is 1. The fourth-order valence-corrected chi connectivity index (χ4v) is 1.66. The van der Waals surface area contributed by atoms with Gasteiger partial charge in [0.2, 0.25) is 5.91 Å². The molecule has 0 aromatic heterocycles. The van der Waals surface area contributed by atoms with Crippen molar-refractivity contribution in [2.24, 2.45) is 5.84 Å². The molecule has 0 aliphatic carbocycles. The van der Waals surface area contributed by atoms with E-state index >= 15 is 0 Å². The number of hydrogen-bond acceptors (Lipinski definition) is 2. The van der Waals surface area contributed by atoms with Crippen LogP contribution >= 0.6 is 0 Å². The molecule has 0 saturated heterocycles. The topological polar surface area (TPSA) is 46.3 Å². The summed E-state index contributed by atoms with van der Waals surface area (Å²) in [6.45, 7) is 5.91. The molecule has 1 aromatic carbocycles. The summed E-state index contributed by atoms with van der Waals surface area (Å²) in [5.74, 6) is 5.20. The van der Waals surface area contributed by atoms with Gasteiger partial charge in [0, 0.05) is 7.05 Å². The van der Waals surface area contributed by atoms with E-state index in [-0.39, 0.29) is 11.8 Å². The molecule has 0 fully saturated rings. The zero-order valence-electron chi connectivity index (χ0n) is 9.74. The Morgan fingerprint density at radius 2 is 2.00 bits per heavy atom. The third kappa shape index (κ3) is 2.57. The Morgan fingerprint density at radius 1 is 1.40 bits per heavy atom. The molecule has 15 heavy (non-hydrogen) atoms. The molecule has 3 heteroatoms. The maximum absolute atomic E-state index is 11.7. The highest BCUT2D eigenvalue weighted by Gasteiger charge is 2.18. The lowest BCUT2D eigenvalue weighted by Gasteiger charge is -2.18. The van der Waals surface area contributed by atoms with Crippen LogP contribution in [0, 0.1) is 13.8 Å². The minimum Gasteiger partial charge on any atom is -0.283 e. The van der Waals surface area contributed by atoms with Crippen LogP contribution in [-0.4, -0.2) is 18.0 Å². The summed E-state index contributed by atoms with van der Waals surface area (Å²) in [5, 5.41) is 1.15. The number of carbonyl (C=O) groups is 1. The summed E-state index contributed by atoms with van der Waals surface area (Å²) < 4.78 is 0. The van der Waals surface area contributed by atoms with Crippen LogP contribution < -0.4 is 5.84 Å². The van der Waals surface area contributed by atoms with Crippen LogP contribution in [0.1, 0.15) is 29.5 Å². The third-order valence-corrected chi connectivity index (χ3v) is 2.62. The van der Waals surface area contributed by atoms with Gasteiger partial charge in [-0.1, -0.05) is 23.8 Å². The Labute approximate surface area is 90.9 Å². The van der Waals surface area contributed by atoms with Gasteiger partial charge in [-0.15, -0.1) is 0 Å². The highest BCUT2D eigenvalue weighted by atomic mass is 16.2. The molecule has 1 atom stereocenters. The van der Waals surface area contributed by atoms with Gasteiger partial charge < -0.3 is 0 Å². The van der Waals surface area contributed by atoms with Gasteiger partial charge in [-0.2, -0.15) is 0 Å². The number of aryl methyl sites for hydroxylation is 2. The predicted molar refractivity (Wildman–Crippen MR) is 61.3 cm³/mol. The van der Waals surface area contributed by atoms with E-state index in [1.54, 1.807) is 7.05 Å². The first-order valence-electron chi connectivity index (χ1n) is 5.03. The molecule has 0 aliphatic heterocycles. The number of nitrogens with two attached hydrogens (primary N) is 1. The molecule has 1 rings (SSSR count). The van der Waals surface area contributed by atoms with Crippen molar-refractivity contribution in [3.63, 3.8) is 0 Å². The molecular weight excluding hydrogens is 188 g/mol. The lowest BCUT2D eigenvalue weighted by Crippen LogP contribution is -2.36. The summed E-state index contributed by atoms with van der Waals surface area (Å²) in [6, 6.07) is 6.12. The zero-order chi connectivity index (χ0) is 11.6. The first kappa shape index (κ1) is 11.7. The number of benzene rings is 1. The smallest absolute Gasteiger partial charge is 0.243 e. The Bertz CT molecular complexity index is 372. The SMILES string of the molecule is Cc1ccc(C)c(C(C)C(=O)N(C)N)c1. The normalized spacial score (nSPS) is 12.3. The highest BCUT2D eigenvalue weighted by molar-refractivity contribution is 5.83. The van der Waals surface area contributed by atoms with Gasteiger partial charge in [0.05, 0.1) is 5.92 Å². The van der Waals surface area contributed by atoms with E-state index in [1.165, 1.54) is 0 Å². The molecule has 0 radical (unpaired) electrons. The fourth-order valence-electron chi connectivity index (χ4n) is 1.66. The average molecular weight is 206 g/mol. The molecule has 0 bridgehead atoms. The highest BCUT2D eigenvalue weighted by Crippen LogP contribution is 2.21. The lowest BCUT2D eigenvalue weighted by atomic mass is 9.94. The van der Waals surface area contributed by atoms with Gasteiger partial charge in [0.1, 0.15) is 0 Å². The quantitative estimate of drug-likeness (QED) is 0.455. The summed E-state index contributed by atoms with van der Waals surface area (Å²) in [7, 11) is 1.57. The molecule has 1 aromatic rings. The predicted octanol–water partition coefficient (Wildman–Crippen LogP) is 1.74. The van der Waals surface area contributed by atoms with Gasteiger partial charge in [-0.05, 0) is 31.9 Å². The van der Waals surface area contributed by atoms with Crippen molar-refractivity contribution in [3.05, 3.63) is 34.9 Å². The number of carbonyl (C=O) groups excluding carboxylic acids is 1. The van der Waals surface area contributed by atoms with Gasteiger partial charge in [0.25, 0.3) is 0 Å². The van der Waals surface area contributed by atoms with Crippen molar-refractivity contribution < 1.29 is 4.79 Å². The summed E-state index contributed by atoms with van der Waals surface area (Å²) in [4.78, 5) is 11.7. The van der Waals surface area contributed by atoms with Crippen molar-refractivity contribution in [1.29, 1.82) is 0 Å². The van der Waals surface area contributed by atoms with E-state index in [4.69, 9.17) is 5.84 Å². The molecular formula is C12H18N2O. The molecule has 2 N–H and O–H groups in total. The van der Waals surface area contributed by atoms with Crippen LogP contribution in [-0.2, 0) is 4.79 Å². The minimum absolute atomic E-state index is 0.0660. The lowest BCUT2D eigenvalue weighted by molar-refractivity contribution is -0.131. The largest absolute Gasteiger partial charge is 0.283 e. The van der Waals surface area contributed by atoms with E-state index < -0.39 is 0 Å². The van der Waals surface area contributed by atoms with Crippen molar-refractivity contribution in [2.75, 3.05) is 7.05 Å². The molecule has 0 spiro atoms. The number of likely N-dealkylation sites (N-methyl/N-ethyl adjacent to an activating group) is 1. The van der Waals surface area contributed by atoms with Crippen molar-refractivity contribution in [2.45, 2.75) is 26.7 Å². The van der Waals surface area contributed by atoms with Crippen LogP contribution in [0.25, 0.3) is 0 Å². The third-order valence-electron chi connectivity index (χ3n) is 2.62. The number of nitrogens with zero attached hydrogens (tertiary/aromatic N) is 1. The van der Waals surface area contributed by atoms with Gasteiger partial charge in [-0.25, -0.2) is 5.84 Å². The Balaban J connectivity index is 3.05. The Hall–Kier alpha value is -1.35. The van der Waals surface area contributed by atoms with Crippen LogP contribution in [0.3, 0.4) is 0 Å². The molecule has 0 heterocycles. The Morgan fingerprint density at radius 3 is 2.53 bits per heavy atom. The van der Waals surface area contributed by atoms with E-state index in [1.807, 2.05) is 39.0 Å². The van der Waals surface area contributed by atoms with E-state index in [0.29, 0.717) is 0 Å². The maximum Gasteiger partial charge on any atom is 0.243 e. The summed E-state index contributed by atoms with van der Waals surface area (Å²) in [6.07, 6.45) is 0. The van der Waals surface area contributed by atoms with Crippen LogP contribution in [0.5, 0.6) is 0 Å². The zero-order valence-corrected chi connectivity index (χ0v) is 9.74. The van der Waals surface area contributed by atoms with E-state index in [2.05, 4.69) is 0 Å². The molecule has 1 unspecified atom stereocenters. The second-order valence-electron chi connectivity index (χ2n) is 4.03. The molecule has 0 saturated carbocycles. The molecule has 82 valence electrons. The number of hydrogen-bond donors (Lipinski definition) is 1. The van der Waals surface area contributed by atoms with Crippen molar-refractivity contribution in [3.8, 4) is 0 Å². The second-order valence-corrected chi connectivity index (χ2v) is 4.03. The first-order chi connectivity index (χ1) is 6.93. The molecule has 3 nitrogen and oxygen atoms in total. The van der Waals surface area contributed by atoms with Crippen LogP contribution in [0.15, 0.2) is 18.2 Å². The van der Waals surface area contributed by atoms with Gasteiger partial charge in [0.15, 0.2) is 0 Å². The molecule has 1 amide bonds. The number of amides is 1. The fraction of sp³-hybridized carbons (Fsp3) is 0.417. The van der Waals surface area contributed by atoms with Gasteiger partial charge >= 0.3 is 0 Å². The minimum atomic E-state index is -0.181. The van der Waals surface area contributed by atoms with Crippen LogP contribution in [0.2, 0.25) is 0 Å². The standard InChI is InChI=1S/C12H18N2O/c1-8-5-6-9(2)11(7-8)10(3)12(15)14(4)13/h5-7,10H,13H2,1-4H3. The first-order valence-corrected chi connectivity index (χ1v) is 5.03.